The van der Waals surface area contributed by atoms with Crippen molar-refractivity contribution in [2.75, 3.05) is 7.11 Å². The van der Waals surface area contributed by atoms with E-state index in [-0.39, 0.29) is 18.0 Å². The molecule has 2 aromatic heterocycles. The fourth-order valence-corrected chi connectivity index (χ4v) is 3.31. The molecule has 2 N–H and O–H groups in total. The van der Waals surface area contributed by atoms with Gasteiger partial charge < -0.3 is 19.5 Å². The Bertz CT molecular complexity index is 1190. The SMILES string of the molecule is COC(=O)C(Cc1c[nH]c2ccccc12)NC(=O)c1ccc(-c2ccc(F)cc2)o1. The molecule has 2 heterocycles. The van der Waals surface area contributed by atoms with Gasteiger partial charge in [-0.3, -0.25) is 4.79 Å². The largest absolute Gasteiger partial charge is 0.467 e. The van der Waals surface area contributed by atoms with Crippen LogP contribution in [0.25, 0.3) is 22.2 Å². The van der Waals surface area contributed by atoms with Crippen molar-refractivity contribution in [3.63, 3.8) is 0 Å². The van der Waals surface area contributed by atoms with Crippen LogP contribution in [-0.2, 0) is 16.0 Å². The molecule has 152 valence electrons. The number of fused-ring (bicyclic) bond motifs is 1. The molecule has 1 amide bonds. The third kappa shape index (κ3) is 3.96. The number of carbonyl (C=O) groups is 2. The summed E-state index contributed by atoms with van der Waals surface area (Å²) < 4.78 is 23.6. The van der Waals surface area contributed by atoms with E-state index in [9.17, 15) is 14.0 Å². The average molecular weight is 406 g/mol. The number of hydrogen-bond donors (Lipinski definition) is 2. The Morgan fingerprint density at radius 2 is 1.87 bits per heavy atom. The van der Waals surface area contributed by atoms with E-state index in [4.69, 9.17) is 9.15 Å². The Kier molecular flexibility index (Phi) is 5.34. The van der Waals surface area contributed by atoms with Crippen LogP contribution < -0.4 is 5.32 Å². The molecular formula is C23H19FN2O4. The zero-order valence-electron chi connectivity index (χ0n) is 16.1. The van der Waals surface area contributed by atoms with E-state index in [1.165, 1.54) is 25.3 Å². The van der Waals surface area contributed by atoms with Crippen LogP contribution in [0.5, 0.6) is 0 Å². The lowest BCUT2D eigenvalue weighted by atomic mass is 10.0. The molecule has 30 heavy (non-hydrogen) atoms. The van der Waals surface area contributed by atoms with E-state index in [1.54, 1.807) is 18.2 Å². The molecule has 0 radical (unpaired) electrons. The van der Waals surface area contributed by atoms with Gasteiger partial charge in [-0.15, -0.1) is 0 Å². The number of benzene rings is 2. The predicted molar refractivity (Wildman–Crippen MR) is 109 cm³/mol. The molecule has 0 saturated carbocycles. The summed E-state index contributed by atoms with van der Waals surface area (Å²) in [5.41, 5.74) is 2.46. The van der Waals surface area contributed by atoms with E-state index >= 15 is 0 Å². The second-order valence-corrected chi connectivity index (χ2v) is 6.78. The van der Waals surface area contributed by atoms with Crippen molar-refractivity contribution in [2.24, 2.45) is 0 Å². The number of halogens is 1. The minimum absolute atomic E-state index is 0.0437. The number of rotatable bonds is 6. The van der Waals surface area contributed by atoms with Gasteiger partial charge in [0.25, 0.3) is 5.91 Å². The second kappa shape index (κ2) is 8.24. The summed E-state index contributed by atoms with van der Waals surface area (Å²) in [6.45, 7) is 0. The maximum absolute atomic E-state index is 13.1. The first-order valence-electron chi connectivity index (χ1n) is 9.34. The minimum atomic E-state index is -0.888. The highest BCUT2D eigenvalue weighted by Gasteiger charge is 2.25. The van der Waals surface area contributed by atoms with Crippen LogP contribution in [0.15, 0.2) is 71.3 Å². The molecular weight excluding hydrogens is 387 g/mol. The van der Waals surface area contributed by atoms with Crippen molar-refractivity contribution < 1.29 is 23.1 Å². The van der Waals surface area contributed by atoms with Crippen LogP contribution in [0, 0.1) is 5.82 Å². The maximum Gasteiger partial charge on any atom is 0.328 e. The molecule has 1 atom stereocenters. The molecule has 0 spiro atoms. The average Bonchev–Trinajstić information content (AvgIpc) is 3.41. The number of para-hydroxylation sites is 1. The van der Waals surface area contributed by atoms with Gasteiger partial charge in [-0.25, -0.2) is 9.18 Å². The summed E-state index contributed by atoms with van der Waals surface area (Å²) in [7, 11) is 1.27. The van der Waals surface area contributed by atoms with Gasteiger partial charge in [-0.2, -0.15) is 0 Å². The van der Waals surface area contributed by atoms with Crippen LogP contribution in [0.1, 0.15) is 16.1 Å². The standard InChI is InChI=1S/C23H19FN2O4/c1-29-23(28)19(12-15-13-25-18-5-3-2-4-17(15)18)26-22(27)21-11-10-20(30-21)14-6-8-16(24)9-7-14/h2-11,13,19,25H,12H2,1H3,(H,26,27). The fourth-order valence-electron chi connectivity index (χ4n) is 3.31. The molecule has 4 rings (SSSR count). The molecule has 0 aliphatic rings. The third-order valence-corrected chi connectivity index (χ3v) is 4.85. The van der Waals surface area contributed by atoms with Gasteiger partial charge in [0.05, 0.1) is 7.11 Å². The molecule has 0 aliphatic carbocycles. The van der Waals surface area contributed by atoms with Crippen molar-refractivity contribution in [2.45, 2.75) is 12.5 Å². The molecule has 6 nitrogen and oxygen atoms in total. The highest BCUT2D eigenvalue weighted by Crippen LogP contribution is 2.23. The minimum Gasteiger partial charge on any atom is -0.467 e. The van der Waals surface area contributed by atoms with Gasteiger partial charge >= 0.3 is 5.97 Å². The Labute approximate surface area is 171 Å². The predicted octanol–water partition coefficient (Wildman–Crippen LogP) is 4.08. The third-order valence-electron chi connectivity index (χ3n) is 4.85. The summed E-state index contributed by atoms with van der Waals surface area (Å²) in [5, 5.41) is 3.65. The quantitative estimate of drug-likeness (QED) is 0.473. The lowest BCUT2D eigenvalue weighted by Gasteiger charge is -2.15. The zero-order valence-corrected chi connectivity index (χ0v) is 16.1. The first-order valence-corrected chi connectivity index (χ1v) is 9.34. The number of H-pyrrole nitrogens is 1. The first kappa shape index (κ1) is 19.4. The molecule has 0 aliphatic heterocycles. The summed E-state index contributed by atoms with van der Waals surface area (Å²) >= 11 is 0. The van der Waals surface area contributed by atoms with E-state index in [2.05, 4.69) is 10.3 Å². The monoisotopic (exact) mass is 406 g/mol. The summed E-state index contributed by atoms with van der Waals surface area (Å²) in [6.07, 6.45) is 2.07. The van der Waals surface area contributed by atoms with Crippen molar-refractivity contribution in [3.05, 3.63) is 84.0 Å². The number of aromatic nitrogens is 1. The van der Waals surface area contributed by atoms with Crippen LogP contribution in [-0.4, -0.2) is 30.0 Å². The Hall–Kier alpha value is -3.87. The van der Waals surface area contributed by atoms with Crippen LogP contribution in [0.2, 0.25) is 0 Å². The molecule has 0 fully saturated rings. The van der Waals surface area contributed by atoms with E-state index in [1.807, 2.05) is 30.5 Å². The summed E-state index contributed by atoms with van der Waals surface area (Å²) in [6, 6.07) is 15.7. The molecule has 0 bridgehead atoms. The number of hydrogen-bond acceptors (Lipinski definition) is 4. The van der Waals surface area contributed by atoms with Crippen molar-refractivity contribution in [1.29, 1.82) is 0 Å². The van der Waals surface area contributed by atoms with E-state index in [0.717, 1.165) is 16.5 Å². The van der Waals surface area contributed by atoms with Gasteiger partial charge in [0.1, 0.15) is 17.6 Å². The Morgan fingerprint density at radius 1 is 1.10 bits per heavy atom. The number of amides is 1. The lowest BCUT2D eigenvalue weighted by Crippen LogP contribution is -2.42. The second-order valence-electron chi connectivity index (χ2n) is 6.78. The van der Waals surface area contributed by atoms with E-state index < -0.39 is 17.9 Å². The smallest absolute Gasteiger partial charge is 0.328 e. The number of carbonyl (C=O) groups excluding carboxylic acids is 2. The number of aromatic amines is 1. The topological polar surface area (TPSA) is 84.3 Å². The molecule has 2 aromatic carbocycles. The van der Waals surface area contributed by atoms with Gasteiger partial charge in [-0.05, 0) is 48.0 Å². The number of furan rings is 1. The number of nitrogens with one attached hydrogen (secondary N) is 2. The summed E-state index contributed by atoms with van der Waals surface area (Å²) in [4.78, 5) is 28.1. The van der Waals surface area contributed by atoms with Crippen LogP contribution in [0.4, 0.5) is 4.39 Å². The summed E-state index contributed by atoms with van der Waals surface area (Å²) in [5.74, 6) is -0.993. The van der Waals surface area contributed by atoms with Gasteiger partial charge in [-0.1, -0.05) is 18.2 Å². The highest BCUT2D eigenvalue weighted by atomic mass is 19.1. The Balaban J connectivity index is 1.53. The van der Waals surface area contributed by atoms with Crippen LogP contribution in [0.3, 0.4) is 0 Å². The maximum atomic E-state index is 13.1. The zero-order chi connectivity index (χ0) is 21.1. The molecule has 0 saturated heterocycles. The van der Waals surface area contributed by atoms with E-state index in [0.29, 0.717) is 11.3 Å². The molecule has 4 aromatic rings. The molecule has 7 heteroatoms. The number of methoxy groups -OCH3 is 1. The van der Waals surface area contributed by atoms with Crippen molar-refractivity contribution >= 4 is 22.8 Å². The van der Waals surface area contributed by atoms with Gasteiger partial charge in [0.2, 0.25) is 0 Å². The molecule has 1 unspecified atom stereocenters. The first-order chi connectivity index (χ1) is 14.5. The van der Waals surface area contributed by atoms with Crippen molar-refractivity contribution in [3.8, 4) is 11.3 Å². The lowest BCUT2D eigenvalue weighted by molar-refractivity contribution is -0.142. The highest BCUT2D eigenvalue weighted by molar-refractivity contribution is 5.95. The van der Waals surface area contributed by atoms with Crippen LogP contribution >= 0.6 is 0 Å². The van der Waals surface area contributed by atoms with Gasteiger partial charge in [0, 0.05) is 29.1 Å². The number of esters is 1. The van der Waals surface area contributed by atoms with Gasteiger partial charge in [0.15, 0.2) is 5.76 Å². The normalized spacial score (nSPS) is 11.9. The fraction of sp³-hybridized carbons (Fsp3) is 0.130. The Morgan fingerprint density at radius 3 is 2.63 bits per heavy atom. The number of ether oxygens (including phenoxy) is 1. The van der Waals surface area contributed by atoms with Crippen molar-refractivity contribution in [1.82, 2.24) is 10.3 Å².